The van der Waals surface area contributed by atoms with Gasteiger partial charge in [-0.3, -0.25) is 0 Å². The first-order valence-corrected chi connectivity index (χ1v) is 11.6. The number of nitrogens with zero attached hydrogens (tertiary/aromatic N) is 2. The van der Waals surface area contributed by atoms with Gasteiger partial charge in [-0.15, -0.1) is 11.3 Å². The van der Waals surface area contributed by atoms with Crippen LogP contribution in [0.25, 0.3) is 16.0 Å². The number of pyridine rings is 1. The van der Waals surface area contributed by atoms with Gasteiger partial charge in [-0.2, -0.15) is 0 Å². The fourth-order valence-corrected chi connectivity index (χ4v) is 5.87. The molecule has 0 atom stereocenters. The van der Waals surface area contributed by atoms with E-state index >= 15 is 0 Å². The third-order valence-corrected chi connectivity index (χ3v) is 7.74. The van der Waals surface area contributed by atoms with Gasteiger partial charge >= 0.3 is 5.97 Å². The van der Waals surface area contributed by atoms with Crippen molar-refractivity contribution < 1.29 is 9.53 Å². The molecule has 0 radical (unpaired) electrons. The molecule has 0 amide bonds. The number of anilines is 1. The van der Waals surface area contributed by atoms with Crippen LogP contribution >= 0.6 is 11.3 Å². The number of ether oxygens (including phenoxy) is 1. The Morgan fingerprint density at radius 1 is 1.27 bits per heavy atom. The molecule has 3 heterocycles. The Labute approximate surface area is 182 Å². The average Bonchev–Trinajstić information content (AvgIpc) is 3.19. The topological polar surface area (TPSA) is 68.5 Å². The molecule has 0 aromatic carbocycles. The number of carbonyl (C=O) groups excluding carboxylic acids is 1. The highest BCUT2D eigenvalue weighted by Crippen LogP contribution is 2.43. The van der Waals surface area contributed by atoms with Gasteiger partial charge in [-0.05, 0) is 67.5 Å². The second kappa shape index (κ2) is 8.90. The van der Waals surface area contributed by atoms with Crippen molar-refractivity contribution in [3.05, 3.63) is 40.4 Å². The average molecular weight is 426 g/mol. The van der Waals surface area contributed by atoms with Crippen molar-refractivity contribution in [1.29, 1.82) is 0 Å². The number of methoxy groups -OCH3 is 1. The molecule has 2 aromatic rings. The third kappa shape index (κ3) is 4.30. The Kier molecular flexibility index (Phi) is 6.25. The number of hydrogen-bond acceptors (Lipinski definition) is 6. The van der Waals surface area contributed by atoms with Gasteiger partial charge in [0, 0.05) is 35.3 Å². The van der Waals surface area contributed by atoms with Crippen molar-refractivity contribution in [3.8, 4) is 10.4 Å². The number of nitrogen functional groups attached to an aromatic ring is 1. The quantitative estimate of drug-likeness (QED) is 0.691. The van der Waals surface area contributed by atoms with Crippen LogP contribution in [0.1, 0.15) is 54.3 Å². The predicted octanol–water partition coefficient (Wildman–Crippen LogP) is 5.09. The van der Waals surface area contributed by atoms with Crippen LogP contribution in [0.3, 0.4) is 0 Å². The molecule has 2 N–H and O–H groups in total. The predicted molar refractivity (Wildman–Crippen MR) is 123 cm³/mol. The molecule has 1 aliphatic carbocycles. The highest BCUT2D eigenvalue weighted by molar-refractivity contribution is 7.17. The van der Waals surface area contributed by atoms with Crippen LogP contribution in [0.5, 0.6) is 0 Å². The van der Waals surface area contributed by atoms with Crippen LogP contribution in [-0.4, -0.2) is 43.1 Å². The number of thiophene rings is 1. The van der Waals surface area contributed by atoms with Crippen molar-refractivity contribution in [2.75, 3.05) is 33.0 Å². The van der Waals surface area contributed by atoms with Crippen LogP contribution in [0.2, 0.25) is 0 Å². The van der Waals surface area contributed by atoms with Gasteiger partial charge in [0.05, 0.1) is 7.11 Å². The summed E-state index contributed by atoms with van der Waals surface area (Å²) in [5.41, 5.74) is 10.7. The summed E-state index contributed by atoms with van der Waals surface area (Å²) in [5.74, 6) is 1.68. The van der Waals surface area contributed by atoms with Crippen molar-refractivity contribution >= 4 is 28.7 Å². The van der Waals surface area contributed by atoms with Gasteiger partial charge in [0.2, 0.25) is 0 Å². The smallest absolute Gasteiger partial charge is 0.348 e. The van der Waals surface area contributed by atoms with Crippen LogP contribution in [0.15, 0.2) is 30.0 Å². The van der Waals surface area contributed by atoms with E-state index < -0.39 is 0 Å². The minimum Gasteiger partial charge on any atom is -0.465 e. The lowest BCUT2D eigenvalue weighted by atomic mass is 9.75. The molecule has 0 unspecified atom stereocenters. The van der Waals surface area contributed by atoms with Crippen molar-refractivity contribution in [2.24, 2.45) is 11.8 Å². The summed E-state index contributed by atoms with van der Waals surface area (Å²) >= 11 is 1.49. The lowest BCUT2D eigenvalue weighted by molar-refractivity contribution is 0.0606. The number of rotatable bonds is 4. The third-order valence-electron chi connectivity index (χ3n) is 6.58. The van der Waals surface area contributed by atoms with Crippen molar-refractivity contribution in [3.63, 3.8) is 0 Å². The van der Waals surface area contributed by atoms with E-state index in [2.05, 4.69) is 29.9 Å². The van der Waals surface area contributed by atoms with Crippen LogP contribution < -0.4 is 5.73 Å². The number of likely N-dealkylation sites (N-methyl/N-ethyl adjacent to an activating group) is 1. The van der Waals surface area contributed by atoms with Gasteiger partial charge in [-0.1, -0.05) is 19.8 Å². The molecular formula is C24H31N3O2S. The summed E-state index contributed by atoms with van der Waals surface area (Å²) in [6.07, 6.45) is 7.83. The van der Waals surface area contributed by atoms with E-state index in [9.17, 15) is 4.79 Å². The zero-order valence-electron chi connectivity index (χ0n) is 18.1. The van der Waals surface area contributed by atoms with E-state index in [0.29, 0.717) is 16.6 Å². The molecule has 2 aromatic heterocycles. The minimum atomic E-state index is -0.257. The zero-order chi connectivity index (χ0) is 21.3. The summed E-state index contributed by atoms with van der Waals surface area (Å²) in [6, 6.07) is 5.93. The van der Waals surface area contributed by atoms with E-state index in [0.717, 1.165) is 41.4 Å². The van der Waals surface area contributed by atoms with E-state index in [4.69, 9.17) is 10.5 Å². The first-order chi connectivity index (χ1) is 14.5. The highest BCUT2D eigenvalue weighted by Gasteiger charge is 2.30. The maximum atomic E-state index is 12.7. The van der Waals surface area contributed by atoms with Gasteiger partial charge in [0.15, 0.2) is 0 Å². The molecule has 4 rings (SSSR count). The molecule has 0 saturated heterocycles. The number of esters is 1. The molecule has 30 heavy (non-hydrogen) atoms. The Hall–Kier alpha value is -2.18. The summed E-state index contributed by atoms with van der Waals surface area (Å²) < 4.78 is 5.15. The van der Waals surface area contributed by atoms with E-state index in [-0.39, 0.29) is 5.97 Å². The Bertz CT molecular complexity index is 940. The van der Waals surface area contributed by atoms with Crippen molar-refractivity contribution in [2.45, 2.75) is 39.0 Å². The molecule has 0 spiro atoms. The van der Waals surface area contributed by atoms with E-state index in [1.54, 1.807) is 12.3 Å². The monoisotopic (exact) mass is 425 g/mol. The normalized spacial score (nSPS) is 22.9. The number of aromatic nitrogens is 1. The van der Waals surface area contributed by atoms with Crippen LogP contribution in [0.4, 0.5) is 5.82 Å². The number of carbonyl (C=O) groups is 1. The summed E-state index contributed by atoms with van der Waals surface area (Å²) in [4.78, 5) is 21.0. The second-order valence-electron chi connectivity index (χ2n) is 8.77. The highest BCUT2D eigenvalue weighted by atomic mass is 32.1. The molecule has 1 aliphatic heterocycles. The lowest BCUT2D eigenvalue weighted by Gasteiger charge is -2.35. The summed E-state index contributed by atoms with van der Waals surface area (Å²) in [7, 11) is 3.66. The maximum absolute atomic E-state index is 12.7. The lowest BCUT2D eigenvalue weighted by Crippen LogP contribution is -2.31. The van der Waals surface area contributed by atoms with E-state index in [1.807, 2.05) is 6.07 Å². The molecule has 160 valence electrons. The molecule has 1 saturated carbocycles. The molecule has 1 fully saturated rings. The first kappa shape index (κ1) is 21.1. The van der Waals surface area contributed by atoms with E-state index in [1.165, 1.54) is 55.3 Å². The van der Waals surface area contributed by atoms with Gasteiger partial charge < -0.3 is 15.4 Å². The molecule has 5 nitrogen and oxygen atoms in total. The van der Waals surface area contributed by atoms with Gasteiger partial charge in [0.1, 0.15) is 10.7 Å². The maximum Gasteiger partial charge on any atom is 0.348 e. The fraction of sp³-hybridized carbons (Fsp3) is 0.500. The summed E-state index contributed by atoms with van der Waals surface area (Å²) in [5, 5.41) is 0. The van der Waals surface area contributed by atoms with Crippen LogP contribution in [-0.2, 0) is 4.74 Å². The van der Waals surface area contributed by atoms with Gasteiger partial charge in [0.25, 0.3) is 0 Å². The number of hydrogen-bond donors (Lipinski definition) is 1. The SMILES string of the molecule is COC(=O)c1sc(-c2ccc(N)nc2)cc1C1=C(C2CCC(C)CC2)CN(C)CC1. The Balaban J connectivity index is 1.80. The Morgan fingerprint density at radius 2 is 2.03 bits per heavy atom. The minimum absolute atomic E-state index is 0.257. The number of nitrogens with two attached hydrogens (primary N) is 1. The first-order valence-electron chi connectivity index (χ1n) is 10.8. The molecule has 0 bridgehead atoms. The molecular weight excluding hydrogens is 394 g/mol. The molecule has 2 aliphatic rings. The summed E-state index contributed by atoms with van der Waals surface area (Å²) in [6.45, 7) is 4.36. The Morgan fingerprint density at radius 3 is 2.70 bits per heavy atom. The molecule has 6 heteroatoms. The van der Waals surface area contributed by atoms with Crippen molar-refractivity contribution in [1.82, 2.24) is 9.88 Å². The largest absolute Gasteiger partial charge is 0.465 e. The standard InChI is InChI=1S/C24H31N3O2S/c1-15-4-6-16(7-5-15)20-14-27(2)11-10-18(20)19-12-21(30-23(19)24(28)29-3)17-8-9-22(25)26-13-17/h8-9,12-13,15-16H,4-7,10-11,14H2,1-3H3,(H2,25,26). The van der Waals surface area contributed by atoms with Gasteiger partial charge in [-0.25, -0.2) is 9.78 Å². The zero-order valence-corrected chi connectivity index (χ0v) is 18.9. The second-order valence-corrected chi connectivity index (χ2v) is 9.82. The van der Waals surface area contributed by atoms with Crippen LogP contribution in [0, 0.1) is 11.8 Å². The fourth-order valence-electron chi connectivity index (χ4n) is 4.77.